The molecule has 1 heterocycles. The summed E-state index contributed by atoms with van der Waals surface area (Å²) < 4.78 is 52.6. The molecule has 1 fully saturated rings. The summed E-state index contributed by atoms with van der Waals surface area (Å²) in [6.45, 7) is 3.64. The van der Waals surface area contributed by atoms with Crippen molar-refractivity contribution in [1.29, 1.82) is 0 Å². The van der Waals surface area contributed by atoms with Crippen LogP contribution >= 0.6 is 0 Å². The summed E-state index contributed by atoms with van der Waals surface area (Å²) in [6.07, 6.45) is -2.60. The highest BCUT2D eigenvalue weighted by atomic mass is 19.4. The molecule has 1 saturated heterocycles. The van der Waals surface area contributed by atoms with E-state index < -0.39 is 23.6 Å². The number of hydrogen-bond acceptors (Lipinski definition) is 2. The molecule has 2 unspecified atom stereocenters. The van der Waals surface area contributed by atoms with E-state index in [0.717, 1.165) is 32.0 Å². The van der Waals surface area contributed by atoms with Crippen LogP contribution in [-0.4, -0.2) is 24.5 Å². The highest BCUT2D eigenvalue weighted by Gasteiger charge is 2.37. The lowest BCUT2D eigenvalue weighted by atomic mass is 9.98. The van der Waals surface area contributed by atoms with E-state index in [4.69, 9.17) is 5.73 Å². The molecular weight excluding hydrogens is 284 g/mol. The fraction of sp³-hybridized carbons (Fsp3) is 0.600. The number of likely N-dealkylation sites (tertiary alicyclic amines) is 1. The van der Waals surface area contributed by atoms with Gasteiger partial charge in [-0.15, -0.1) is 0 Å². The van der Waals surface area contributed by atoms with Crippen molar-refractivity contribution in [2.24, 2.45) is 11.7 Å². The lowest BCUT2D eigenvalue weighted by molar-refractivity contribution is -0.139. The molecule has 118 valence electrons. The van der Waals surface area contributed by atoms with Gasteiger partial charge in [-0.25, -0.2) is 4.39 Å². The van der Waals surface area contributed by atoms with Crippen molar-refractivity contribution in [2.75, 3.05) is 19.6 Å². The molecule has 1 aliphatic rings. The first-order valence-corrected chi connectivity index (χ1v) is 7.17. The van der Waals surface area contributed by atoms with Gasteiger partial charge in [-0.1, -0.05) is 19.4 Å². The van der Waals surface area contributed by atoms with Crippen LogP contribution in [-0.2, 0) is 6.18 Å². The zero-order valence-corrected chi connectivity index (χ0v) is 12.0. The van der Waals surface area contributed by atoms with Crippen LogP contribution in [0.15, 0.2) is 18.2 Å². The Hall–Kier alpha value is -1.14. The van der Waals surface area contributed by atoms with Crippen LogP contribution in [0.4, 0.5) is 17.6 Å². The Morgan fingerprint density at radius 1 is 1.38 bits per heavy atom. The van der Waals surface area contributed by atoms with E-state index in [1.165, 1.54) is 6.07 Å². The van der Waals surface area contributed by atoms with Crippen molar-refractivity contribution in [1.82, 2.24) is 4.90 Å². The fourth-order valence-electron chi connectivity index (χ4n) is 3.02. The van der Waals surface area contributed by atoms with Gasteiger partial charge in [0, 0.05) is 19.1 Å². The summed E-state index contributed by atoms with van der Waals surface area (Å²) in [5.74, 6) is -0.386. The minimum Gasteiger partial charge on any atom is -0.329 e. The Kier molecular flexibility index (Phi) is 4.88. The largest absolute Gasteiger partial charge is 0.416 e. The second kappa shape index (κ2) is 6.32. The van der Waals surface area contributed by atoms with E-state index in [0.29, 0.717) is 12.0 Å². The van der Waals surface area contributed by atoms with Gasteiger partial charge >= 0.3 is 6.18 Å². The van der Waals surface area contributed by atoms with Crippen molar-refractivity contribution in [3.05, 3.63) is 35.1 Å². The number of benzene rings is 1. The first kappa shape index (κ1) is 16.2. The van der Waals surface area contributed by atoms with E-state index in [9.17, 15) is 17.6 Å². The maximum atomic E-state index is 13.2. The molecule has 6 heteroatoms. The SMILES string of the molecule is CCC1CCN(C(CN)c2ccc(F)cc2C(F)(F)F)C1. The molecule has 2 atom stereocenters. The van der Waals surface area contributed by atoms with Gasteiger partial charge in [0.15, 0.2) is 0 Å². The van der Waals surface area contributed by atoms with Crippen molar-refractivity contribution in [3.63, 3.8) is 0 Å². The molecule has 2 rings (SSSR count). The minimum absolute atomic E-state index is 0.0724. The molecule has 2 nitrogen and oxygen atoms in total. The molecule has 1 aliphatic heterocycles. The van der Waals surface area contributed by atoms with Crippen LogP contribution in [0, 0.1) is 11.7 Å². The Balaban J connectivity index is 2.34. The molecule has 0 radical (unpaired) electrons. The zero-order valence-electron chi connectivity index (χ0n) is 12.0. The van der Waals surface area contributed by atoms with Crippen molar-refractivity contribution in [3.8, 4) is 0 Å². The topological polar surface area (TPSA) is 29.3 Å². The molecule has 0 saturated carbocycles. The van der Waals surface area contributed by atoms with Crippen LogP contribution in [0.25, 0.3) is 0 Å². The van der Waals surface area contributed by atoms with Gasteiger partial charge in [-0.2, -0.15) is 13.2 Å². The summed E-state index contributed by atoms with van der Waals surface area (Å²) in [7, 11) is 0. The summed E-state index contributed by atoms with van der Waals surface area (Å²) in [6, 6.07) is 2.33. The molecule has 1 aromatic rings. The minimum atomic E-state index is -4.57. The monoisotopic (exact) mass is 304 g/mol. The van der Waals surface area contributed by atoms with Crippen LogP contribution in [0.3, 0.4) is 0 Å². The molecule has 0 aromatic heterocycles. The van der Waals surface area contributed by atoms with Gasteiger partial charge in [-0.3, -0.25) is 4.90 Å². The third-order valence-electron chi connectivity index (χ3n) is 4.24. The average Bonchev–Trinajstić information content (AvgIpc) is 2.89. The van der Waals surface area contributed by atoms with Crippen LogP contribution in [0.1, 0.15) is 36.9 Å². The molecular formula is C15H20F4N2. The van der Waals surface area contributed by atoms with Gasteiger partial charge in [0.05, 0.1) is 5.56 Å². The second-order valence-electron chi connectivity index (χ2n) is 5.54. The Morgan fingerprint density at radius 3 is 2.62 bits per heavy atom. The normalized spacial score (nSPS) is 21.7. The van der Waals surface area contributed by atoms with Crippen LogP contribution < -0.4 is 5.73 Å². The zero-order chi connectivity index (χ0) is 15.6. The van der Waals surface area contributed by atoms with E-state index in [2.05, 4.69) is 6.92 Å². The number of nitrogens with two attached hydrogens (primary N) is 1. The molecule has 1 aromatic carbocycles. The summed E-state index contributed by atoms with van der Waals surface area (Å²) in [5, 5.41) is 0. The predicted octanol–water partition coefficient (Wildman–Crippen LogP) is 3.58. The van der Waals surface area contributed by atoms with Crippen molar-refractivity contribution < 1.29 is 17.6 Å². The van der Waals surface area contributed by atoms with E-state index in [1.807, 2.05) is 4.90 Å². The molecule has 21 heavy (non-hydrogen) atoms. The van der Waals surface area contributed by atoms with Gasteiger partial charge < -0.3 is 5.73 Å². The number of halogens is 4. The first-order chi connectivity index (χ1) is 9.86. The van der Waals surface area contributed by atoms with Gasteiger partial charge in [-0.05, 0) is 36.6 Å². The molecule has 0 bridgehead atoms. The number of hydrogen-bond donors (Lipinski definition) is 1. The average molecular weight is 304 g/mol. The quantitative estimate of drug-likeness (QED) is 0.862. The highest BCUT2D eigenvalue weighted by molar-refractivity contribution is 5.33. The van der Waals surface area contributed by atoms with Crippen LogP contribution in [0.5, 0.6) is 0 Å². The van der Waals surface area contributed by atoms with Crippen molar-refractivity contribution in [2.45, 2.75) is 32.0 Å². The summed E-state index contributed by atoms with van der Waals surface area (Å²) in [4.78, 5) is 1.98. The number of rotatable bonds is 4. The fourth-order valence-corrected chi connectivity index (χ4v) is 3.02. The standard InChI is InChI=1S/C15H20F4N2/c1-2-10-5-6-21(9-10)14(8-20)12-4-3-11(16)7-13(12)15(17,18)19/h3-4,7,10,14H,2,5-6,8-9,20H2,1H3. The Bertz CT molecular complexity index is 487. The van der Waals surface area contributed by atoms with Gasteiger partial charge in [0.2, 0.25) is 0 Å². The third kappa shape index (κ3) is 3.55. The second-order valence-corrected chi connectivity index (χ2v) is 5.54. The third-order valence-corrected chi connectivity index (χ3v) is 4.24. The van der Waals surface area contributed by atoms with Gasteiger partial charge in [0.1, 0.15) is 5.82 Å². The smallest absolute Gasteiger partial charge is 0.329 e. The summed E-state index contributed by atoms with van der Waals surface area (Å²) in [5.41, 5.74) is 4.87. The predicted molar refractivity (Wildman–Crippen MR) is 73.2 cm³/mol. The molecule has 0 amide bonds. The van der Waals surface area contributed by atoms with E-state index in [-0.39, 0.29) is 12.1 Å². The maximum absolute atomic E-state index is 13.2. The number of nitrogens with zero attached hydrogens (tertiary/aromatic N) is 1. The van der Waals surface area contributed by atoms with E-state index >= 15 is 0 Å². The lowest BCUT2D eigenvalue weighted by Gasteiger charge is -2.29. The molecule has 0 spiro atoms. The molecule has 2 N–H and O–H groups in total. The maximum Gasteiger partial charge on any atom is 0.416 e. The van der Waals surface area contributed by atoms with Crippen molar-refractivity contribution >= 4 is 0 Å². The van der Waals surface area contributed by atoms with E-state index in [1.54, 1.807) is 0 Å². The van der Waals surface area contributed by atoms with Crippen LogP contribution in [0.2, 0.25) is 0 Å². The lowest BCUT2D eigenvalue weighted by Crippen LogP contribution is -2.33. The number of alkyl halides is 3. The highest BCUT2D eigenvalue weighted by Crippen LogP contribution is 2.38. The van der Waals surface area contributed by atoms with Gasteiger partial charge in [0.25, 0.3) is 0 Å². The summed E-state index contributed by atoms with van der Waals surface area (Å²) >= 11 is 0. The first-order valence-electron chi connectivity index (χ1n) is 7.17. The Labute approximate surface area is 121 Å². The molecule has 0 aliphatic carbocycles. The Morgan fingerprint density at radius 2 is 2.10 bits per heavy atom.